The molecule has 0 amide bonds. The number of aryl methyl sites for hydroxylation is 1. The second kappa shape index (κ2) is 4.99. The lowest BCUT2D eigenvalue weighted by atomic mass is 10.1. The van der Waals surface area contributed by atoms with Gasteiger partial charge >= 0.3 is 5.97 Å². The van der Waals surface area contributed by atoms with Crippen molar-refractivity contribution in [2.75, 3.05) is 0 Å². The number of rotatable bonds is 4. The van der Waals surface area contributed by atoms with Crippen molar-refractivity contribution < 1.29 is 14.6 Å². The molecule has 2 unspecified atom stereocenters. The van der Waals surface area contributed by atoms with Gasteiger partial charge in [-0.05, 0) is 26.8 Å². The van der Waals surface area contributed by atoms with Crippen LogP contribution in [0.3, 0.4) is 0 Å². The van der Waals surface area contributed by atoms with Crippen LogP contribution in [0.2, 0.25) is 0 Å². The van der Waals surface area contributed by atoms with Crippen LogP contribution in [-0.2, 0) is 4.79 Å². The molecule has 0 aliphatic carbocycles. The Labute approximate surface area is 95.0 Å². The first kappa shape index (κ1) is 12.5. The molecule has 0 saturated carbocycles. The molecule has 0 spiro atoms. The number of nitrogens with two attached hydrogens (primary N) is 1. The Kier molecular flexibility index (Phi) is 3.90. The van der Waals surface area contributed by atoms with E-state index in [1.165, 1.54) is 6.92 Å². The van der Waals surface area contributed by atoms with E-state index in [9.17, 15) is 4.79 Å². The van der Waals surface area contributed by atoms with Crippen LogP contribution in [0.1, 0.15) is 31.0 Å². The van der Waals surface area contributed by atoms with E-state index >= 15 is 0 Å². The number of carboxylic acid groups (broad SMARTS) is 1. The van der Waals surface area contributed by atoms with Gasteiger partial charge in [-0.25, -0.2) is 4.79 Å². The zero-order valence-electron chi connectivity index (χ0n) is 9.73. The lowest BCUT2D eigenvalue weighted by Crippen LogP contribution is -2.24. The maximum absolute atomic E-state index is 10.7. The van der Waals surface area contributed by atoms with Crippen LogP contribution in [0.25, 0.3) is 0 Å². The van der Waals surface area contributed by atoms with E-state index in [0.717, 1.165) is 11.1 Å². The third-order valence-electron chi connectivity index (χ3n) is 2.31. The summed E-state index contributed by atoms with van der Waals surface area (Å²) in [5.74, 6) is -0.452. The highest BCUT2D eigenvalue weighted by atomic mass is 16.5. The SMILES string of the molecule is Cc1ccc(OC(C)C(=O)O)c(C(C)N)c1. The van der Waals surface area contributed by atoms with Crippen molar-refractivity contribution in [2.45, 2.75) is 32.9 Å². The maximum atomic E-state index is 10.7. The van der Waals surface area contributed by atoms with Gasteiger partial charge in [0.25, 0.3) is 0 Å². The molecule has 0 fully saturated rings. The molecule has 1 aromatic carbocycles. The van der Waals surface area contributed by atoms with Crippen molar-refractivity contribution >= 4 is 5.97 Å². The fourth-order valence-electron chi connectivity index (χ4n) is 1.37. The number of carbonyl (C=O) groups is 1. The van der Waals surface area contributed by atoms with Crippen molar-refractivity contribution in [1.82, 2.24) is 0 Å². The minimum Gasteiger partial charge on any atom is -0.479 e. The lowest BCUT2D eigenvalue weighted by Gasteiger charge is -2.17. The Balaban J connectivity index is 2.99. The molecule has 2 atom stereocenters. The molecule has 0 heterocycles. The van der Waals surface area contributed by atoms with Gasteiger partial charge in [-0.1, -0.05) is 17.7 Å². The zero-order valence-corrected chi connectivity index (χ0v) is 9.73. The van der Waals surface area contributed by atoms with Crippen molar-refractivity contribution in [3.8, 4) is 5.75 Å². The first-order valence-electron chi connectivity index (χ1n) is 5.17. The summed E-state index contributed by atoms with van der Waals surface area (Å²) >= 11 is 0. The molecule has 4 nitrogen and oxygen atoms in total. The summed E-state index contributed by atoms with van der Waals surface area (Å²) in [4.78, 5) is 10.7. The number of carboxylic acids is 1. The fraction of sp³-hybridized carbons (Fsp3) is 0.417. The van der Waals surface area contributed by atoms with Gasteiger partial charge in [0.1, 0.15) is 5.75 Å². The van der Waals surface area contributed by atoms with E-state index in [1.54, 1.807) is 6.07 Å². The van der Waals surface area contributed by atoms with Crippen LogP contribution in [0.15, 0.2) is 18.2 Å². The van der Waals surface area contributed by atoms with Gasteiger partial charge in [0.15, 0.2) is 6.10 Å². The average Bonchev–Trinajstić information content (AvgIpc) is 2.20. The van der Waals surface area contributed by atoms with Crippen molar-refractivity contribution in [3.05, 3.63) is 29.3 Å². The van der Waals surface area contributed by atoms with Crippen LogP contribution >= 0.6 is 0 Å². The number of ether oxygens (including phenoxy) is 1. The summed E-state index contributed by atoms with van der Waals surface area (Å²) in [5.41, 5.74) is 7.71. The van der Waals surface area contributed by atoms with E-state index in [1.807, 2.05) is 26.0 Å². The predicted octanol–water partition coefficient (Wildman–Crippen LogP) is 1.87. The summed E-state index contributed by atoms with van der Waals surface area (Å²) in [6, 6.07) is 5.36. The smallest absolute Gasteiger partial charge is 0.344 e. The van der Waals surface area contributed by atoms with E-state index in [2.05, 4.69) is 0 Å². The van der Waals surface area contributed by atoms with Gasteiger partial charge in [-0.15, -0.1) is 0 Å². The molecule has 3 N–H and O–H groups in total. The molecule has 88 valence electrons. The maximum Gasteiger partial charge on any atom is 0.344 e. The lowest BCUT2D eigenvalue weighted by molar-refractivity contribution is -0.144. The molecule has 16 heavy (non-hydrogen) atoms. The Morgan fingerprint density at radius 1 is 1.44 bits per heavy atom. The Morgan fingerprint density at radius 2 is 2.06 bits per heavy atom. The first-order chi connectivity index (χ1) is 7.41. The third kappa shape index (κ3) is 2.97. The summed E-state index contributed by atoms with van der Waals surface area (Å²) < 4.78 is 5.34. The number of benzene rings is 1. The van der Waals surface area contributed by atoms with Gasteiger partial charge in [-0.2, -0.15) is 0 Å². The predicted molar refractivity (Wildman–Crippen MR) is 61.5 cm³/mol. The summed E-state index contributed by atoms with van der Waals surface area (Å²) in [6.07, 6.45) is -0.875. The van der Waals surface area contributed by atoms with E-state index in [4.69, 9.17) is 15.6 Å². The molecule has 1 rings (SSSR count). The summed E-state index contributed by atoms with van der Waals surface area (Å²) in [5, 5.41) is 8.77. The largest absolute Gasteiger partial charge is 0.479 e. The van der Waals surface area contributed by atoms with Gasteiger partial charge in [-0.3, -0.25) is 0 Å². The number of hydrogen-bond donors (Lipinski definition) is 2. The number of aliphatic carboxylic acids is 1. The van der Waals surface area contributed by atoms with Crippen LogP contribution in [0, 0.1) is 6.92 Å². The average molecular weight is 223 g/mol. The molecule has 1 aromatic rings. The zero-order chi connectivity index (χ0) is 12.3. The normalized spacial score (nSPS) is 14.2. The van der Waals surface area contributed by atoms with Crippen LogP contribution < -0.4 is 10.5 Å². The first-order valence-corrected chi connectivity index (χ1v) is 5.17. The molecule has 0 saturated heterocycles. The minimum absolute atomic E-state index is 0.184. The Bertz CT molecular complexity index is 388. The molecule has 0 aliphatic heterocycles. The molecular weight excluding hydrogens is 206 g/mol. The van der Waals surface area contributed by atoms with E-state index in [0.29, 0.717) is 5.75 Å². The van der Waals surface area contributed by atoms with Gasteiger partial charge in [0.05, 0.1) is 0 Å². The van der Waals surface area contributed by atoms with Crippen molar-refractivity contribution in [1.29, 1.82) is 0 Å². The Hall–Kier alpha value is -1.55. The van der Waals surface area contributed by atoms with Gasteiger partial charge in [0.2, 0.25) is 0 Å². The third-order valence-corrected chi connectivity index (χ3v) is 2.31. The molecule has 0 aliphatic rings. The van der Waals surface area contributed by atoms with Crippen LogP contribution in [0.4, 0.5) is 0 Å². The highest BCUT2D eigenvalue weighted by Gasteiger charge is 2.16. The monoisotopic (exact) mass is 223 g/mol. The van der Waals surface area contributed by atoms with Gasteiger partial charge in [0, 0.05) is 11.6 Å². The molecule has 0 bridgehead atoms. The quantitative estimate of drug-likeness (QED) is 0.817. The van der Waals surface area contributed by atoms with Crippen molar-refractivity contribution in [2.24, 2.45) is 5.73 Å². The van der Waals surface area contributed by atoms with E-state index < -0.39 is 12.1 Å². The Morgan fingerprint density at radius 3 is 2.56 bits per heavy atom. The number of hydrogen-bond acceptors (Lipinski definition) is 3. The summed E-state index contributed by atoms with van der Waals surface area (Å²) in [6.45, 7) is 5.29. The van der Waals surface area contributed by atoms with Crippen LogP contribution in [0.5, 0.6) is 5.75 Å². The molecular formula is C12H17NO3. The standard InChI is InChI=1S/C12H17NO3/c1-7-4-5-11(10(6-7)8(2)13)16-9(3)12(14)15/h4-6,8-9H,13H2,1-3H3,(H,14,15). The van der Waals surface area contributed by atoms with Crippen molar-refractivity contribution in [3.63, 3.8) is 0 Å². The summed E-state index contributed by atoms with van der Waals surface area (Å²) in [7, 11) is 0. The van der Waals surface area contributed by atoms with Gasteiger partial charge < -0.3 is 15.6 Å². The topological polar surface area (TPSA) is 72.5 Å². The van der Waals surface area contributed by atoms with Crippen LogP contribution in [-0.4, -0.2) is 17.2 Å². The highest BCUT2D eigenvalue weighted by Crippen LogP contribution is 2.25. The second-order valence-corrected chi connectivity index (χ2v) is 3.93. The minimum atomic E-state index is -0.990. The second-order valence-electron chi connectivity index (χ2n) is 3.93. The highest BCUT2D eigenvalue weighted by molar-refractivity contribution is 5.72. The van der Waals surface area contributed by atoms with E-state index in [-0.39, 0.29) is 6.04 Å². The molecule has 0 aromatic heterocycles. The molecule has 0 radical (unpaired) electrons. The fourth-order valence-corrected chi connectivity index (χ4v) is 1.37. The molecule has 4 heteroatoms.